The number of benzene rings is 4. The Morgan fingerprint density at radius 2 is 0.935 bits per heavy atom. The summed E-state index contributed by atoms with van der Waals surface area (Å²) in [5.41, 5.74) is 5.55. The number of aliphatic hydroxyl groups excluding tert-OH is 2. The third kappa shape index (κ3) is 6.40. The van der Waals surface area contributed by atoms with E-state index in [1.165, 1.54) is 21.5 Å². The number of nitrogens with zero attached hydrogens (tertiary/aromatic N) is 4. The Labute approximate surface area is 292 Å². The van der Waals surface area contributed by atoms with Crippen LogP contribution in [-0.2, 0) is 6.61 Å². The Hall–Kier alpha value is -4.57. The first-order valence-electron chi connectivity index (χ1n) is 14.2. The van der Waals surface area contributed by atoms with Gasteiger partial charge in [0.2, 0.25) is 0 Å². The van der Waals surface area contributed by atoms with Crippen molar-refractivity contribution in [3.63, 3.8) is 0 Å². The van der Waals surface area contributed by atoms with E-state index >= 15 is 0 Å². The van der Waals surface area contributed by atoms with Crippen LogP contribution < -0.4 is 29.6 Å². The number of para-hydroxylation sites is 4. The Morgan fingerprint density at radius 3 is 1.33 bits per heavy atom. The number of hydrogen-bond donors (Lipinski definition) is 2. The molecule has 0 amide bonds. The zero-order valence-electron chi connectivity index (χ0n) is 26.7. The molecule has 46 heavy (non-hydrogen) atoms. The van der Waals surface area contributed by atoms with Crippen molar-refractivity contribution in [2.45, 2.75) is 6.61 Å². The third-order valence-electron chi connectivity index (χ3n) is 7.45. The Bertz CT molecular complexity index is 2150. The SMILES string of the molecule is CO.O=Cc1cccc(-n2c3ccccc3c3ccccc32)n1.OCc1cccc(-n2c3ccccc3c3ccccc32)n1.[B].[H-].[Na+]. The van der Waals surface area contributed by atoms with Crippen molar-refractivity contribution in [1.82, 2.24) is 19.1 Å². The van der Waals surface area contributed by atoms with Gasteiger partial charge in [-0.3, -0.25) is 13.9 Å². The second-order valence-corrected chi connectivity index (χ2v) is 9.92. The molecule has 0 bridgehead atoms. The number of fused-ring (bicyclic) bond motifs is 6. The molecule has 9 heteroatoms. The van der Waals surface area contributed by atoms with E-state index in [-0.39, 0.29) is 46.0 Å². The summed E-state index contributed by atoms with van der Waals surface area (Å²) < 4.78 is 4.24. The number of carbonyl (C=O) groups excluding carboxylic acids is 1. The standard InChI is InChI=1S/C18H14N2O.C18H12N2O.CH4O.B.Na.H/c2*21-12-13-6-5-11-18(19-13)20-16-9-3-1-7-14(16)15-8-2-4-10-17(15)20;1-2;;;/h1-11,21H,12H2;1-12H;2H,1H3;;;/q;;;;+1;-1. The van der Waals surface area contributed by atoms with Crippen LogP contribution in [0.5, 0.6) is 0 Å². The third-order valence-corrected chi connectivity index (χ3v) is 7.45. The zero-order valence-corrected chi connectivity index (χ0v) is 27.7. The van der Waals surface area contributed by atoms with E-state index in [0.717, 1.165) is 47.1 Å². The molecule has 0 aliphatic rings. The average molecular weight is 613 g/mol. The summed E-state index contributed by atoms with van der Waals surface area (Å²) in [5.74, 6) is 1.59. The number of carbonyl (C=O) groups is 1. The molecule has 2 N–H and O–H groups in total. The molecule has 7 nitrogen and oxygen atoms in total. The first-order valence-corrected chi connectivity index (χ1v) is 14.2. The fraction of sp³-hybridized carbons (Fsp3) is 0.0541. The second kappa shape index (κ2) is 15.6. The van der Waals surface area contributed by atoms with Gasteiger partial charge in [0.05, 0.1) is 34.4 Å². The molecule has 0 fully saturated rings. The van der Waals surface area contributed by atoms with E-state index in [2.05, 4.69) is 79.8 Å². The van der Waals surface area contributed by atoms with Gasteiger partial charge in [0, 0.05) is 37.1 Å². The number of aromatic nitrogens is 4. The quantitative estimate of drug-likeness (QED) is 0.231. The molecular weight excluding hydrogens is 582 g/mol. The van der Waals surface area contributed by atoms with Gasteiger partial charge >= 0.3 is 29.6 Å². The van der Waals surface area contributed by atoms with E-state index in [4.69, 9.17) is 5.11 Å². The van der Waals surface area contributed by atoms with Crippen molar-refractivity contribution >= 4 is 58.3 Å². The Kier molecular flexibility index (Phi) is 11.7. The molecule has 4 heterocycles. The van der Waals surface area contributed by atoms with Crippen LogP contribution in [0.1, 0.15) is 17.6 Å². The predicted octanol–water partition coefficient (Wildman–Crippen LogP) is 4.01. The van der Waals surface area contributed by atoms with Crippen LogP contribution >= 0.6 is 0 Å². The summed E-state index contributed by atoms with van der Waals surface area (Å²) in [6.07, 6.45) is 0.775. The number of rotatable bonds is 4. The fourth-order valence-electron chi connectivity index (χ4n) is 5.65. The first kappa shape index (κ1) is 34.3. The van der Waals surface area contributed by atoms with Crippen molar-refractivity contribution in [2.75, 3.05) is 7.11 Å². The van der Waals surface area contributed by atoms with Gasteiger partial charge < -0.3 is 11.6 Å². The maximum Gasteiger partial charge on any atom is 1.00 e. The van der Waals surface area contributed by atoms with Gasteiger partial charge in [-0.15, -0.1) is 0 Å². The molecule has 3 radical (unpaired) electrons. The topological polar surface area (TPSA) is 93.2 Å². The minimum absolute atomic E-state index is 0. The van der Waals surface area contributed by atoms with Gasteiger partial charge in [-0.05, 0) is 48.5 Å². The molecule has 0 aliphatic carbocycles. The number of hydrogen-bond acceptors (Lipinski definition) is 5. The van der Waals surface area contributed by atoms with Crippen LogP contribution in [0, 0.1) is 0 Å². The van der Waals surface area contributed by atoms with Crippen LogP contribution in [0.25, 0.3) is 55.2 Å². The van der Waals surface area contributed by atoms with Crippen molar-refractivity contribution in [1.29, 1.82) is 0 Å². The maximum atomic E-state index is 11.0. The van der Waals surface area contributed by atoms with Gasteiger partial charge in [-0.25, -0.2) is 9.97 Å². The minimum Gasteiger partial charge on any atom is -1.00 e. The van der Waals surface area contributed by atoms with E-state index in [9.17, 15) is 9.90 Å². The summed E-state index contributed by atoms with van der Waals surface area (Å²) in [4.78, 5) is 20.0. The molecule has 0 unspecified atom stereocenters. The molecule has 0 spiro atoms. The van der Waals surface area contributed by atoms with E-state index < -0.39 is 0 Å². The van der Waals surface area contributed by atoms with E-state index in [1.54, 1.807) is 6.07 Å². The fourth-order valence-corrected chi connectivity index (χ4v) is 5.65. The predicted molar refractivity (Wildman–Crippen MR) is 183 cm³/mol. The maximum absolute atomic E-state index is 11.0. The minimum atomic E-state index is -0.0506. The van der Waals surface area contributed by atoms with Crippen molar-refractivity contribution in [2.24, 2.45) is 0 Å². The Balaban J connectivity index is 0.000000229. The van der Waals surface area contributed by atoms with Gasteiger partial charge in [0.1, 0.15) is 17.3 Å². The van der Waals surface area contributed by atoms with E-state index in [1.807, 2.05) is 66.7 Å². The number of pyridine rings is 2. The normalized spacial score (nSPS) is 10.3. The molecule has 4 aromatic carbocycles. The summed E-state index contributed by atoms with van der Waals surface area (Å²) >= 11 is 0. The van der Waals surface area contributed by atoms with Gasteiger partial charge in [0.25, 0.3) is 0 Å². The van der Waals surface area contributed by atoms with Crippen molar-refractivity contribution in [3.8, 4) is 11.6 Å². The molecule has 8 rings (SSSR count). The summed E-state index contributed by atoms with van der Waals surface area (Å²) in [6.45, 7) is -0.0506. The van der Waals surface area contributed by atoms with Crippen LogP contribution in [0.2, 0.25) is 0 Å². The molecule has 0 saturated carbocycles. The molecule has 0 saturated heterocycles. The van der Waals surface area contributed by atoms with Crippen LogP contribution in [-0.4, -0.2) is 51.1 Å². The van der Waals surface area contributed by atoms with Gasteiger partial charge in [-0.1, -0.05) is 84.9 Å². The Morgan fingerprint density at radius 1 is 0.565 bits per heavy atom. The second-order valence-electron chi connectivity index (χ2n) is 9.92. The molecule has 0 aliphatic heterocycles. The van der Waals surface area contributed by atoms with Crippen molar-refractivity contribution in [3.05, 3.63) is 145 Å². The van der Waals surface area contributed by atoms with Crippen LogP contribution in [0.4, 0.5) is 0 Å². The van der Waals surface area contributed by atoms with Gasteiger partial charge in [0.15, 0.2) is 6.29 Å². The van der Waals surface area contributed by atoms with Crippen LogP contribution in [0.15, 0.2) is 133 Å². The molecule has 221 valence electrons. The first-order chi connectivity index (χ1) is 21.8. The van der Waals surface area contributed by atoms with Crippen molar-refractivity contribution < 1.29 is 46.0 Å². The number of aldehydes is 1. The summed E-state index contributed by atoms with van der Waals surface area (Å²) in [7, 11) is 1.00. The zero-order chi connectivity index (χ0) is 30.5. The molecule has 4 aromatic heterocycles. The smallest absolute Gasteiger partial charge is 1.00 e. The monoisotopic (exact) mass is 613 g/mol. The molecule has 8 aromatic rings. The molecule has 0 atom stereocenters. The average Bonchev–Trinajstić information content (AvgIpc) is 3.63. The van der Waals surface area contributed by atoms with E-state index in [0.29, 0.717) is 11.4 Å². The summed E-state index contributed by atoms with van der Waals surface area (Å²) in [5, 5.41) is 21.1. The van der Waals surface area contributed by atoms with Crippen LogP contribution in [0.3, 0.4) is 0 Å². The van der Waals surface area contributed by atoms with Gasteiger partial charge in [-0.2, -0.15) is 0 Å². The summed E-state index contributed by atoms with van der Waals surface area (Å²) in [6, 6.07) is 44.3. The molecular formula is C37H31BN4NaO3. The number of aliphatic hydroxyl groups is 2. The largest absolute Gasteiger partial charge is 1.00 e.